The van der Waals surface area contributed by atoms with Crippen LogP contribution in [0.2, 0.25) is 0 Å². The summed E-state index contributed by atoms with van der Waals surface area (Å²) in [5.74, 6) is 0. The first-order valence-corrected chi connectivity index (χ1v) is 19.8. The zero-order chi connectivity index (χ0) is 37.9. The average Bonchev–Trinajstić information content (AvgIpc) is 4.02. The van der Waals surface area contributed by atoms with E-state index in [0.29, 0.717) is 0 Å². The lowest BCUT2D eigenvalue weighted by atomic mass is 10.0. The number of hydrogen-bond donors (Lipinski definition) is 0. The van der Waals surface area contributed by atoms with E-state index in [4.69, 9.17) is 4.42 Å². The second-order valence-electron chi connectivity index (χ2n) is 15.3. The van der Waals surface area contributed by atoms with Gasteiger partial charge in [0.15, 0.2) is 5.58 Å². The van der Waals surface area contributed by atoms with Gasteiger partial charge in [-0.25, -0.2) is 0 Å². The SMILES string of the molecule is c1ccc(-n2c3ccccc3c3cc4c5cc(-c6ccc7c8ccc9c%10ccccc%10oc9c8n(-c8ccccc8)c7c6)ccc5n(-c5ccccc5)c4cc32)cc1. The van der Waals surface area contributed by atoms with Crippen LogP contribution in [0, 0.1) is 0 Å². The molecule has 0 fully saturated rings. The monoisotopic (exact) mass is 739 g/mol. The maximum atomic E-state index is 6.66. The second-order valence-corrected chi connectivity index (χ2v) is 15.3. The predicted molar refractivity (Wildman–Crippen MR) is 242 cm³/mol. The van der Waals surface area contributed by atoms with Gasteiger partial charge in [-0.2, -0.15) is 0 Å². The number of hydrogen-bond acceptors (Lipinski definition) is 1. The largest absolute Gasteiger partial charge is 0.454 e. The van der Waals surface area contributed by atoms with Crippen molar-refractivity contribution in [2.75, 3.05) is 0 Å². The molecular weight excluding hydrogens is 707 g/mol. The van der Waals surface area contributed by atoms with E-state index in [1.54, 1.807) is 0 Å². The summed E-state index contributed by atoms with van der Waals surface area (Å²) in [7, 11) is 0. The summed E-state index contributed by atoms with van der Waals surface area (Å²) in [6.45, 7) is 0. The molecule has 0 N–H and O–H groups in total. The third-order valence-corrected chi connectivity index (χ3v) is 12.2. The van der Waals surface area contributed by atoms with Gasteiger partial charge in [-0.15, -0.1) is 0 Å². The summed E-state index contributed by atoms with van der Waals surface area (Å²) >= 11 is 0. The highest BCUT2D eigenvalue weighted by atomic mass is 16.3. The fourth-order valence-electron chi connectivity index (χ4n) is 9.68. The van der Waals surface area contributed by atoms with E-state index < -0.39 is 0 Å². The fraction of sp³-hybridized carbons (Fsp3) is 0. The number of furan rings is 1. The van der Waals surface area contributed by atoms with Crippen LogP contribution in [-0.4, -0.2) is 13.7 Å². The Kier molecular flexibility index (Phi) is 6.41. The van der Waals surface area contributed by atoms with Crippen LogP contribution in [0.15, 0.2) is 205 Å². The Morgan fingerprint density at radius 2 is 0.759 bits per heavy atom. The lowest BCUT2D eigenvalue weighted by molar-refractivity contribution is 0.671. The topological polar surface area (TPSA) is 27.9 Å². The number of benzene rings is 9. The van der Waals surface area contributed by atoms with Crippen molar-refractivity contribution in [1.29, 1.82) is 0 Å². The third kappa shape index (κ3) is 4.34. The summed E-state index contributed by atoms with van der Waals surface area (Å²) < 4.78 is 13.9. The van der Waals surface area contributed by atoms with Crippen LogP contribution < -0.4 is 0 Å². The van der Waals surface area contributed by atoms with Gasteiger partial charge in [0.1, 0.15) is 5.58 Å². The minimum Gasteiger partial charge on any atom is -0.454 e. The second kappa shape index (κ2) is 11.8. The Morgan fingerprint density at radius 1 is 0.276 bits per heavy atom. The van der Waals surface area contributed by atoms with Crippen LogP contribution in [0.5, 0.6) is 0 Å². The maximum absolute atomic E-state index is 6.66. The molecule has 0 bridgehead atoms. The highest BCUT2D eigenvalue weighted by Crippen LogP contribution is 2.43. The molecule has 0 saturated carbocycles. The standard InChI is InChI=1S/C54H33N3O/c1-4-14-36(15-5-1)55-47-22-12-10-20-39(47)45-32-46-44-30-34(25-29-48(44)56(51(46)33-50(45)55)37-16-6-2-7-17-37)35-24-26-40-42-27-28-43-41-21-11-13-23-52(41)58-54(43)53(42)57(49(40)31-35)38-18-8-3-9-19-38/h1-33H. The van der Waals surface area contributed by atoms with E-state index in [1.807, 2.05) is 6.07 Å². The van der Waals surface area contributed by atoms with E-state index in [0.717, 1.165) is 55.6 Å². The minimum atomic E-state index is 0.903. The molecule has 0 atom stereocenters. The molecule has 0 aliphatic heterocycles. The van der Waals surface area contributed by atoms with Gasteiger partial charge in [-0.05, 0) is 96.1 Å². The van der Waals surface area contributed by atoms with Crippen LogP contribution in [0.1, 0.15) is 0 Å². The van der Waals surface area contributed by atoms with Crippen molar-refractivity contribution in [3.8, 4) is 28.2 Å². The summed E-state index contributed by atoms with van der Waals surface area (Å²) in [4.78, 5) is 0. The van der Waals surface area contributed by atoms with Gasteiger partial charge in [0.2, 0.25) is 0 Å². The molecule has 13 aromatic rings. The first-order chi connectivity index (χ1) is 28.8. The number of fused-ring (bicyclic) bond motifs is 13. The highest BCUT2D eigenvalue weighted by Gasteiger charge is 2.22. The molecule has 0 aliphatic rings. The summed E-state index contributed by atoms with van der Waals surface area (Å²) in [6, 6.07) is 72.5. The Balaban J connectivity index is 1.09. The number of rotatable bonds is 4. The van der Waals surface area contributed by atoms with Crippen molar-refractivity contribution in [2.45, 2.75) is 0 Å². The summed E-state index contributed by atoms with van der Waals surface area (Å²) in [5, 5.41) is 9.59. The Labute approximate surface area is 332 Å². The van der Waals surface area contributed by atoms with Crippen LogP contribution in [0.25, 0.3) is 116 Å². The lowest BCUT2D eigenvalue weighted by Crippen LogP contribution is -1.95. The Hall–Kier alpha value is -7.82. The van der Waals surface area contributed by atoms with Gasteiger partial charge < -0.3 is 18.1 Å². The van der Waals surface area contributed by atoms with Crippen molar-refractivity contribution in [1.82, 2.24) is 13.7 Å². The molecule has 0 aliphatic carbocycles. The molecule has 9 aromatic carbocycles. The summed E-state index contributed by atoms with van der Waals surface area (Å²) in [6.07, 6.45) is 0. The van der Waals surface area contributed by atoms with Gasteiger partial charge in [-0.1, -0.05) is 115 Å². The van der Waals surface area contributed by atoms with Crippen molar-refractivity contribution in [2.24, 2.45) is 0 Å². The van der Waals surface area contributed by atoms with Crippen LogP contribution in [-0.2, 0) is 0 Å². The molecule has 13 rings (SSSR count). The molecule has 0 amide bonds. The van der Waals surface area contributed by atoms with Crippen molar-refractivity contribution < 1.29 is 4.42 Å². The van der Waals surface area contributed by atoms with Crippen molar-refractivity contribution in [3.63, 3.8) is 0 Å². The number of nitrogens with zero attached hydrogens (tertiary/aromatic N) is 3. The van der Waals surface area contributed by atoms with Gasteiger partial charge in [0.25, 0.3) is 0 Å². The molecule has 0 saturated heterocycles. The molecule has 4 aromatic heterocycles. The highest BCUT2D eigenvalue weighted by molar-refractivity contribution is 6.22. The van der Waals surface area contributed by atoms with Crippen LogP contribution in [0.3, 0.4) is 0 Å². The van der Waals surface area contributed by atoms with E-state index in [-0.39, 0.29) is 0 Å². The number of para-hydroxylation sites is 5. The quantitative estimate of drug-likeness (QED) is 0.177. The molecule has 0 radical (unpaired) electrons. The fourth-order valence-corrected chi connectivity index (χ4v) is 9.68. The average molecular weight is 740 g/mol. The Morgan fingerprint density at radius 3 is 1.48 bits per heavy atom. The van der Waals surface area contributed by atoms with E-state index in [2.05, 4.69) is 208 Å². The summed E-state index contributed by atoms with van der Waals surface area (Å²) in [5.41, 5.74) is 14.5. The first-order valence-electron chi connectivity index (χ1n) is 19.8. The van der Waals surface area contributed by atoms with Crippen LogP contribution in [0.4, 0.5) is 0 Å². The van der Waals surface area contributed by atoms with Crippen LogP contribution >= 0.6 is 0 Å². The van der Waals surface area contributed by atoms with Gasteiger partial charge in [0, 0.05) is 60.2 Å². The molecule has 4 heteroatoms. The Bertz CT molecular complexity index is 3770. The molecule has 270 valence electrons. The van der Waals surface area contributed by atoms with E-state index >= 15 is 0 Å². The minimum absolute atomic E-state index is 0.903. The smallest absolute Gasteiger partial charge is 0.160 e. The molecule has 58 heavy (non-hydrogen) atoms. The molecular formula is C54H33N3O. The molecule has 0 unspecified atom stereocenters. The molecule has 4 nitrogen and oxygen atoms in total. The predicted octanol–water partition coefficient (Wildman–Crippen LogP) is 14.5. The van der Waals surface area contributed by atoms with E-state index in [9.17, 15) is 0 Å². The van der Waals surface area contributed by atoms with Gasteiger partial charge in [0.05, 0.1) is 33.1 Å². The van der Waals surface area contributed by atoms with Crippen molar-refractivity contribution >= 4 is 87.4 Å². The normalized spacial score (nSPS) is 12.1. The van der Waals surface area contributed by atoms with Gasteiger partial charge >= 0.3 is 0 Å². The lowest BCUT2D eigenvalue weighted by Gasteiger charge is -2.10. The van der Waals surface area contributed by atoms with Gasteiger partial charge in [-0.3, -0.25) is 0 Å². The zero-order valence-corrected chi connectivity index (χ0v) is 31.3. The van der Waals surface area contributed by atoms with E-state index in [1.165, 1.54) is 59.9 Å². The third-order valence-electron chi connectivity index (χ3n) is 12.2. The first kappa shape index (κ1) is 31.4. The molecule has 4 heterocycles. The van der Waals surface area contributed by atoms with Crippen molar-refractivity contribution in [3.05, 3.63) is 200 Å². The number of aromatic nitrogens is 3. The maximum Gasteiger partial charge on any atom is 0.160 e. The zero-order valence-electron chi connectivity index (χ0n) is 31.3. The molecule has 0 spiro atoms.